The van der Waals surface area contributed by atoms with Gasteiger partial charge in [0.05, 0.1) is 13.0 Å². The van der Waals surface area contributed by atoms with Crippen LogP contribution in [0.25, 0.3) is 0 Å². The van der Waals surface area contributed by atoms with Crippen molar-refractivity contribution in [2.45, 2.75) is 12.8 Å². The lowest BCUT2D eigenvalue weighted by Crippen LogP contribution is -2.38. The molecule has 0 bridgehead atoms. The molecular weight excluding hydrogens is 294 g/mol. The van der Waals surface area contributed by atoms with Crippen molar-refractivity contribution in [3.05, 3.63) is 24.3 Å². The van der Waals surface area contributed by atoms with E-state index in [-0.39, 0.29) is 18.3 Å². The van der Waals surface area contributed by atoms with Gasteiger partial charge in [-0.2, -0.15) is 0 Å². The molecule has 5 nitrogen and oxygen atoms in total. The number of rotatable bonds is 6. The van der Waals surface area contributed by atoms with E-state index in [1.54, 1.807) is 7.11 Å². The molecule has 0 aliphatic carbocycles. The van der Waals surface area contributed by atoms with Crippen LogP contribution in [0.1, 0.15) is 12.8 Å². The summed E-state index contributed by atoms with van der Waals surface area (Å²) in [6, 6.07) is 7.51. The molecule has 0 atom stereocenters. The number of piperidine rings is 1. The summed E-state index contributed by atoms with van der Waals surface area (Å²) >= 11 is 0. The zero-order valence-electron chi connectivity index (χ0n) is 12.2. The molecule has 0 saturated carbocycles. The summed E-state index contributed by atoms with van der Waals surface area (Å²) in [4.78, 5) is 13.1. The van der Waals surface area contributed by atoms with Gasteiger partial charge in [-0.15, -0.1) is 12.4 Å². The summed E-state index contributed by atoms with van der Waals surface area (Å²) < 4.78 is 10.8. The topological polar surface area (TPSA) is 59.0 Å². The highest BCUT2D eigenvalue weighted by Crippen LogP contribution is 2.18. The number of aliphatic carboxylic acids is 1. The largest absolute Gasteiger partial charge is 0.497 e. The van der Waals surface area contributed by atoms with Gasteiger partial charge in [-0.05, 0) is 50.2 Å². The minimum atomic E-state index is -0.667. The molecule has 21 heavy (non-hydrogen) atoms. The van der Waals surface area contributed by atoms with E-state index in [2.05, 4.69) is 4.90 Å². The van der Waals surface area contributed by atoms with Crippen LogP contribution in [-0.4, -0.2) is 49.3 Å². The molecule has 0 amide bonds. The Hall–Kier alpha value is -1.46. The van der Waals surface area contributed by atoms with Crippen molar-refractivity contribution < 1.29 is 19.4 Å². The summed E-state index contributed by atoms with van der Waals surface area (Å²) in [6.45, 7) is 3.12. The maximum absolute atomic E-state index is 10.9. The Morgan fingerprint density at radius 2 is 1.81 bits per heavy atom. The molecule has 1 aromatic carbocycles. The zero-order chi connectivity index (χ0) is 14.4. The van der Waals surface area contributed by atoms with Crippen LogP contribution in [0.3, 0.4) is 0 Å². The van der Waals surface area contributed by atoms with E-state index in [0.29, 0.717) is 6.61 Å². The van der Waals surface area contributed by atoms with Crippen LogP contribution in [0.4, 0.5) is 0 Å². The van der Waals surface area contributed by atoms with E-state index in [1.807, 2.05) is 24.3 Å². The predicted molar refractivity (Wildman–Crippen MR) is 82.5 cm³/mol. The highest BCUT2D eigenvalue weighted by Gasteiger charge is 2.23. The standard InChI is InChI=1S/C15H21NO4.ClH/c1-19-13-2-4-14(5-3-13)20-11-10-16-8-6-12(7-9-16)15(17)18;/h2-5,12H,6-11H2,1H3,(H,17,18);1H. The van der Waals surface area contributed by atoms with Crippen molar-refractivity contribution >= 4 is 18.4 Å². The van der Waals surface area contributed by atoms with Gasteiger partial charge in [0.1, 0.15) is 18.1 Å². The molecule has 2 rings (SSSR count). The Balaban J connectivity index is 0.00000220. The second-order valence-corrected chi connectivity index (χ2v) is 4.98. The molecule has 0 unspecified atom stereocenters. The second-order valence-electron chi connectivity index (χ2n) is 4.98. The Bertz CT molecular complexity index is 430. The monoisotopic (exact) mass is 315 g/mol. The van der Waals surface area contributed by atoms with Crippen molar-refractivity contribution in [3.8, 4) is 11.5 Å². The quantitative estimate of drug-likeness (QED) is 0.873. The Morgan fingerprint density at radius 1 is 1.24 bits per heavy atom. The molecule has 1 aliphatic rings. The molecule has 1 heterocycles. The number of carboxylic acids is 1. The van der Waals surface area contributed by atoms with E-state index in [1.165, 1.54) is 0 Å². The Morgan fingerprint density at radius 3 is 2.33 bits per heavy atom. The van der Waals surface area contributed by atoms with Crippen molar-refractivity contribution in [2.24, 2.45) is 5.92 Å². The van der Waals surface area contributed by atoms with Gasteiger partial charge in [0, 0.05) is 6.54 Å². The molecule has 1 saturated heterocycles. The predicted octanol–water partition coefficient (Wildman–Crippen LogP) is 2.29. The highest BCUT2D eigenvalue weighted by atomic mass is 35.5. The average Bonchev–Trinajstić information content (AvgIpc) is 2.48. The van der Waals surface area contributed by atoms with Crippen molar-refractivity contribution in [2.75, 3.05) is 33.4 Å². The van der Waals surface area contributed by atoms with Gasteiger partial charge >= 0.3 is 5.97 Å². The number of halogens is 1. The number of hydrogen-bond acceptors (Lipinski definition) is 4. The molecule has 1 fully saturated rings. The number of carboxylic acid groups (broad SMARTS) is 1. The minimum Gasteiger partial charge on any atom is -0.497 e. The first-order valence-electron chi connectivity index (χ1n) is 6.91. The number of hydrogen-bond donors (Lipinski definition) is 1. The molecule has 0 spiro atoms. The first kappa shape index (κ1) is 17.6. The number of ether oxygens (including phenoxy) is 2. The van der Waals surface area contributed by atoms with Crippen molar-refractivity contribution in [1.29, 1.82) is 0 Å². The maximum Gasteiger partial charge on any atom is 0.306 e. The van der Waals surface area contributed by atoms with Crippen molar-refractivity contribution in [3.63, 3.8) is 0 Å². The fourth-order valence-corrected chi connectivity index (χ4v) is 2.37. The van der Waals surface area contributed by atoms with Crippen LogP contribution in [0, 0.1) is 5.92 Å². The Labute approximate surface area is 131 Å². The number of nitrogens with zero attached hydrogens (tertiary/aromatic N) is 1. The summed E-state index contributed by atoms with van der Waals surface area (Å²) in [5, 5.41) is 8.94. The number of carbonyl (C=O) groups is 1. The van der Waals surface area contributed by atoms with Crippen LogP contribution in [0.15, 0.2) is 24.3 Å². The third kappa shape index (κ3) is 5.44. The van der Waals surface area contributed by atoms with E-state index in [0.717, 1.165) is 44.0 Å². The van der Waals surface area contributed by atoms with Crippen molar-refractivity contribution in [1.82, 2.24) is 4.90 Å². The molecule has 1 N–H and O–H groups in total. The number of methoxy groups -OCH3 is 1. The lowest BCUT2D eigenvalue weighted by Gasteiger charge is -2.29. The van der Waals surface area contributed by atoms with Gasteiger partial charge in [-0.3, -0.25) is 9.69 Å². The molecule has 1 aliphatic heterocycles. The van der Waals surface area contributed by atoms with Crippen LogP contribution >= 0.6 is 12.4 Å². The second kappa shape index (κ2) is 8.74. The van der Waals surface area contributed by atoms with Crippen LogP contribution in [-0.2, 0) is 4.79 Å². The fourth-order valence-electron chi connectivity index (χ4n) is 2.37. The first-order chi connectivity index (χ1) is 9.69. The smallest absolute Gasteiger partial charge is 0.306 e. The normalized spacial score (nSPS) is 16.0. The summed E-state index contributed by atoms with van der Waals surface area (Å²) in [5.74, 6) is 0.798. The molecule has 0 radical (unpaired) electrons. The molecular formula is C15H22ClNO4. The van der Waals surface area contributed by atoms with Crippen LogP contribution in [0.2, 0.25) is 0 Å². The number of benzene rings is 1. The lowest BCUT2D eigenvalue weighted by atomic mass is 9.97. The first-order valence-corrected chi connectivity index (χ1v) is 6.91. The van der Waals surface area contributed by atoms with E-state index >= 15 is 0 Å². The molecule has 1 aromatic rings. The van der Waals surface area contributed by atoms with Gasteiger partial charge < -0.3 is 14.6 Å². The van der Waals surface area contributed by atoms with E-state index in [9.17, 15) is 4.79 Å². The summed E-state index contributed by atoms with van der Waals surface area (Å²) in [5.41, 5.74) is 0. The third-order valence-electron chi connectivity index (χ3n) is 3.67. The zero-order valence-corrected chi connectivity index (χ0v) is 13.0. The molecule has 0 aromatic heterocycles. The van der Waals surface area contributed by atoms with Gasteiger partial charge in [0.15, 0.2) is 0 Å². The molecule has 6 heteroatoms. The SMILES string of the molecule is COc1ccc(OCCN2CCC(C(=O)O)CC2)cc1.Cl. The highest BCUT2D eigenvalue weighted by molar-refractivity contribution is 5.85. The lowest BCUT2D eigenvalue weighted by molar-refractivity contribution is -0.143. The third-order valence-corrected chi connectivity index (χ3v) is 3.67. The van der Waals surface area contributed by atoms with Gasteiger partial charge in [-0.25, -0.2) is 0 Å². The van der Waals surface area contributed by atoms with E-state index < -0.39 is 5.97 Å². The van der Waals surface area contributed by atoms with E-state index in [4.69, 9.17) is 14.6 Å². The summed E-state index contributed by atoms with van der Waals surface area (Å²) in [7, 11) is 1.64. The minimum absolute atomic E-state index is 0. The number of likely N-dealkylation sites (tertiary alicyclic amines) is 1. The fraction of sp³-hybridized carbons (Fsp3) is 0.533. The van der Waals surface area contributed by atoms with Crippen LogP contribution in [0.5, 0.6) is 11.5 Å². The Kier molecular flexibility index (Phi) is 7.32. The van der Waals surface area contributed by atoms with Gasteiger partial charge in [0.25, 0.3) is 0 Å². The van der Waals surface area contributed by atoms with Gasteiger partial charge in [0.2, 0.25) is 0 Å². The summed E-state index contributed by atoms with van der Waals surface area (Å²) in [6.07, 6.45) is 1.47. The maximum atomic E-state index is 10.9. The van der Waals surface area contributed by atoms with Crippen LogP contribution < -0.4 is 9.47 Å². The average molecular weight is 316 g/mol. The molecule has 118 valence electrons. The van der Waals surface area contributed by atoms with Gasteiger partial charge in [-0.1, -0.05) is 0 Å².